The lowest BCUT2D eigenvalue weighted by Crippen LogP contribution is -2.39. The van der Waals surface area contributed by atoms with Crippen LogP contribution in [0.5, 0.6) is 0 Å². The molecule has 1 heterocycles. The monoisotopic (exact) mass is 289 g/mol. The maximum atomic E-state index is 6.41. The summed E-state index contributed by atoms with van der Waals surface area (Å²) in [6.45, 7) is 0. The first-order valence-corrected chi connectivity index (χ1v) is 8.05. The number of benzene rings is 1. The molecule has 1 fully saturated rings. The SMILES string of the molecule is NC1(c2noc(CSc3ccccc3)n2)CCCCC1. The van der Waals surface area contributed by atoms with E-state index in [1.807, 2.05) is 18.2 Å². The summed E-state index contributed by atoms with van der Waals surface area (Å²) in [6.07, 6.45) is 5.47. The van der Waals surface area contributed by atoms with Crippen LogP contribution in [0.25, 0.3) is 0 Å². The van der Waals surface area contributed by atoms with Gasteiger partial charge in [0.1, 0.15) is 0 Å². The van der Waals surface area contributed by atoms with Gasteiger partial charge in [-0.1, -0.05) is 42.6 Å². The summed E-state index contributed by atoms with van der Waals surface area (Å²) in [5.41, 5.74) is 6.03. The molecule has 20 heavy (non-hydrogen) atoms. The Balaban J connectivity index is 1.65. The normalized spacial score (nSPS) is 18.1. The Labute approximate surface area is 123 Å². The quantitative estimate of drug-likeness (QED) is 0.873. The summed E-state index contributed by atoms with van der Waals surface area (Å²) >= 11 is 1.70. The van der Waals surface area contributed by atoms with Gasteiger partial charge < -0.3 is 10.3 Å². The van der Waals surface area contributed by atoms with E-state index in [2.05, 4.69) is 22.3 Å². The van der Waals surface area contributed by atoms with Crippen molar-refractivity contribution in [3.8, 4) is 0 Å². The molecule has 0 unspecified atom stereocenters. The molecule has 0 aliphatic heterocycles. The Hall–Kier alpha value is -1.33. The lowest BCUT2D eigenvalue weighted by molar-refractivity contribution is 0.273. The first-order chi connectivity index (χ1) is 9.76. The molecule has 5 heteroatoms. The number of aromatic nitrogens is 2. The van der Waals surface area contributed by atoms with Crippen LogP contribution in [-0.4, -0.2) is 10.1 Å². The van der Waals surface area contributed by atoms with Gasteiger partial charge in [-0.05, 0) is 25.0 Å². The van der Waals surface area contributed by atoms with Crippen LogP contribution in [0, 0.1) is 0 Å². The van der Waals surface area contributed by atoms with Gasteiger partial charge in [-0.25, -0.2) is 0 Å². The summed E-state index contributed by atoms with van der Waals surface area (Å²) in [5.74, 6) is 2.03. The minimum atomic E-state index is -0.378. The fourth-order valence-electron chi connectivity index (χ4n) is 2.58. The molecule has 2 N–H and O–H groups in total. The van der Waals surface area contributed by atoms with Crippen LogP contribution in [0.4, 0.5) is 0 Å². The van der Waals surface area contributed by atoms with E-state index in [-0.39, 0.29) is 5.54 Å². The molecule has 3 rings (SSSR count). The maximum Gasteiger partial charge on any atom is 0.237 e. The summed E-state index contributed by atoms with van der Waals surface area (Å²) in [7, 11) is 0. The highest BCUT2D eigenvalue weighted by atomic mass is 32.2. The van der Waals surface area contributed by atoms with Crippen molar-refractivity contribution in [2.45, 2.75) is 48.3 Å². The average Bonchev–Trinajstić information content (AvgIpc) is 2.97. The molecule has 0 spiro atoms. The Bertz CT molecular complexity index is 549. The van der Waals surface area contributed by atoms with E-state index in [0.717, 1.165) is 25.7 Å². The Morgan fingerprint density at radius 2 is 1.90 bits per heavy atom. The lowest BCUT2D eigenvalue weighted by Gasteiger charge is -2.29. The fraction of sp³-hybridized carbons (Fsp3) is 0.467. The van der Waals surface area contributed by atoms with E-state index in [1.54, 1.807) is 11.8 Å². The number of hydrogen-bond acceptors (Lipinski definition) is 5. The zero-order chi connectivity index (χ0) is 13.8. The van der Waals surface area contributed by atoms with Crippen molar-refractivity contribution in [2.24, 2.45) is 5.73 Å². The largest absolute Gasteiger partial charge is 0.338 e. The predicted octanol–water partition coefficient (Wildman–Crippen LogP) is 3.48. The van der Waals surface area contributed by atoms with Crippen molar-refractivity contribution in [2.75, 3.05) is 0 Å². The Morgan fingerprint density at radius 3 is 2.65 bits per heavy atom. The highest BCUT2D eigenvalue weighted by molar-refractivity contribution is 7.98. The molecule has 1 saturated carbocycles. The second-order valence-electron chi connectivity index (χ2n) is 5.33. The number of rotatable bonds is 4. The molecule has 0 saturated heterocycles. The third kappa shape index (κ3) is 3.04. The van der Waals surface area contributed by atoms with E-state index >= 15 is 0 Å². The van der Waals surface area contributed by atoms with Gasteiger partial charge in [0.15, 0.2) is 5.82 Å². The van der Waals surface area contributed by atoms with Gasteiger partial charge in [0.2, 0.25) is 5.89 Å². The number of hydrogen-bond donors (Lipinski definition) is 1. The molecule has 0 radical (unpaired) electrons. The molecule has 106 valence electrons. The van der Waals surface area contributed by atoms with Crippen LogP contribution in [0.15, 0.2) is 39.8 Å². The molecule has 1 aromatic heterocycles. The first kappa shape index (κ1) is 13.6. The molecule has 1 aliphatic carbocycles. The molecule has 0 atom stereocenters. The van der Waals surface area contributed by atoms with E-state index in [1.165, 1.54) is 11.3 Å². The summed E-state index contributed by atoms with van der Waals surface area (Å²) in [5, 5.41) is 4.10. The molecule has 1 aromatic carbocycles. The summed E-state index contributed by atoms with van der Waals surface area (Å²) in [4.78, 5) is 5.70. The Kier molecular flexibility index (Phi) is 4.08. The molecule has 1 aliphatic rings. The second kappa shape index (κ2) is 5.97. The van der Waals surface area contributed by atoms with Crippen molar-refractivity contribution in [1.82, 2.24) is 10.1 Å². The lowest BCUT2D eigenvalue weighted by atomic mass is 9.82. The van der Waals surface area contributed by atoms with Gasteiger partial charge >= 0.3 is 0 Å². The standard InChI is InChI=1S/C15H19N3OS/c16-15(9-5-2-6-10-15)14-17-13(19-18-14)11-20-12-7-3-1-4-8-12/h1,3-4,7-8H,2,5-6,9-11,16H2. The zero-order valence-electron chi connectivity index (χ0n) is 11.4. The van der Waals surface area contributed by atoms with Crippen molar-refractivity contribution in [3.63, 3.8) is 0 Å². The van der Waals surface area contributed by atoms with Crippen molar-refractivity contribution in [1.29, 1.82) is 0 Å². The van der Waals surface area contributed by atoms with Crippen molar-refractivity contribution < 1.29 is 4.52 Å². The van der Waals surface area contributed by atoms with Crippen LogP contribution in [0.3, 0.4) is 0 Å². The summed E-state index contributed by atoms with van der Waals surface area (Å²) < 4.78 is 5.34. The molecular formula is C15H19N3OS. The second-order valence-corrected chi connectivity index (χ2v) is 6.38. The van der Waals surface area contributed by atoms with Crippen LogP contribution in [0.2, 0.25) is 0 Å². The molecule has 4 nitrogen and oxygen atoms in total. The smallest absolute Gasteiger partial charge is 0.237 e. The van der Waals surface area contributed by atoms with Crippen LogP contribution >= 0.6 is 11.8 Å². The number of nitrogens with zero attached hydrogens (tertiary/aromatic N) is 2. The van der Waals surface area contributed by atoms with Crippen molar-refractivity contribution >= 4 is 11.8 Å². The van der Waals surface area contributed by atoms with Gasteiger partial charge in [-0.3, -0.25) is 0 Å². The Morgan fingerprint density at radius 1 is 1.15 bits per heavy atom. The highest BCUT2D eigenvalue weighted by Gasteiger charge is 2.34. The fourth-order valence-corrected chi connectivity index (χ4v) is 3.34. The number of nitrogens with two attached hydrogens (primary N) is 1. The molecular weight excluding hydrogens is 270 g/mol. The van der Waals surface area contributed by atoms with Crippen molar-refractivity contribution in [3.05, 3.63) is 42.0 Å². The minimum Gasteiger partial charge on any atom is -0.338 e. The predicted molar refractivity (Wildman–Crippen MR) is 79.3 cm³/mol. The van der Waals surface area contributed by atoms with E-state index in [0.29, 0.717) is 17.5 Å². The minimum absolute atomic E-state index is 0.378. The summed E-state index contributed by atoms with van der Waals surface area (Å²) in [6, 6.07) is 10.2. The highest BCUT2D eigenvalue weighted by Crippen LogP contribution is 2.33. The third-order valence-corrected chi connectivity index (χ3v) is 4.76. The van der Waals surface area contributed by atoms with E-state index < -0.39 is 0 Å². The molecule has 2 aromatic rings. The van der Waals surface area contributed by atoms with Crippen LogP contribution < -0.4 is 5.73 Å². The van der Waals surface area contributed by atoms with Crippen LogP contribution in [0.1, 0.15) is 43.8 Å². The average molecular weight is 289 g/mol. The van der Waals surface area contributed by atoms with Gasteiger partial charge in [0, 0.05) is 4.90 Å². The zero-order valence-corrected chi connectivity index (χ0v) is 12.2. The third-order valence-electron chi connectivity index (χ3n) is 3.76. The van der Waals surface area contributed by atoms with Gasteiger partial charge in [-0.15, -0.1) is 11.8 Å². The van der Waals surface area contributed by atoms with Gasteiger partial charge in [0.05, 0.1) is 11.3 Å². The van der Waals surface area contributed by atoms with Crippen LogP contribution in [-0.2, 0) is 11.3 Å². The van der Waals surface area contributed by atoms with E-state index in [4.69, 9.17) is 10.3 Å². The topological polar surface area (TPSA) is 64.9 Å². The van der Waals surface area contributed by atoms with E-state index in [9.17, 15) is 0 Å². The maximum absolute atomic E-state index is 6.41. The molecule has 0 amide bonds. The molecule has 0 bridgehead atoms. The van der Waals surface area contributed by atoms with Gasteiger partial charge in [-0.2, -0.15) is 4.98 Å². The van der Waals surface area contributed by atoms with Gasteiger partial charge in [0.25, 0.3) is 0 Å². The number of thioether (sulfide) groups is 1. The first-order valence-electron chi connectivity index (χ1n) is 7.06.